The average molecular weight is 152 g/mol. The van der Waals surface area contributed by atoms with E-state index in [0.717, 1.165) is 19.3 Å². The summed E-state index contributed by atoms with van der Waals surface area (Å²) in [5.74, 6) is 0. The number of hydrogen-bond acceptors (Lipinski definition) is 1. The van der Waals surface area contributed by atoms with Gasteiger partial charge in [-0.3, -0.25) is 4.99 Å². The number of nitrogens with zero attached hydrogens (tertiary/aromatic N) is 1. The van der Waals surface area contributed by atoms with Gasteiger partial charge in [0.2, 0.25) is 0 Å². The molecule has 3 heteroatoms. The predicted molar refractivity (Wildman–Crippen MR) is 36.8 cm³/mol. The Balaban J connectivity index is 2.50. The van der Waals surface area contributed by atoms with Crippen molar-refractivity contribution in [3.8, 4) is 0 Å². The molecule has 1 atom stereocenters. The standard InChI is InChI=1S/C5H7Cl2N/c6-4-2-1-3-5(7)8-4/h4H,1-3H2. The van der Waals surface area contributed by atoms with Gasteiger partial charge in [-0.2, -0.15) is 0 Å². The normalized spacial score (nSPS) is 29.8. The highest BCUT2D eigenvalue weighted by Gasteiger charge is 2.09. The van der Waals surface area contributed by atoms with Crippen LogP contribution in [0.1, 0.15) is 19.3 Å². The Morgan fingerprint density at radius 1 is 1.62 bits per heavy atom. The number of alkyl halides is 1. The van der Waals surface area contributed by atoms with Gasteiger partial charge in [-0.1, -0.05) is 23.2 Å². The lowest BCUT2D eigenvalue weighted by atomic mass is 10.2. The first-order valence-electron chi connectivity index (χ1n) is 2.65. The molecule has 0 aromatic carbocycles. The second-order valence-corrected chi connectivity index (χ2v) is 2.77. The van der Waals surface area contributed by atoms with E-state index < -0.39 is 0 Å². The van der Waals surface area contributed by atoms with Crippen molar-refractivity contribution in [2.75, 3.05) is 0 Å². The van der Waals surface area contributed by atoms with Crippen molar-refractivity contribution in [3.63, 3.8) is 0 Å². The first kappa shape index (κ1) is 6.37. The van der Waals surface area contributed by atoms with Gasteiger partial charge in [0, 0.05) is 6.42 Å². The number of aliphatic imine (C=N–C) groups is 1. The van der Waals surface area contributed by atoms with Crippen LogP contribution < -0.4 is 0 Å². The summed E-state index contributed by atoms with van der Waals surface area (Å²) in [6, 6.07) is 0. The van der Waals surface area contributed by atoms with E-state index in [2.05, 4.69) is 4.99 Å². The SMILES string of the molecule is ClC1=NC(Cl)CCC1. The lowest BCUT2D eigenvalue weighted by Crippen LogP contribution is -2.05. The Hall–Kier alpha value is 0.250. The summed E-state index contributed by atoms with van der Waals surface area (Å²) in [5, 5.41) is 0.677. The molecular formula is C5H7Cl2N. The van der Waals surface area contributed by atoms with E-state index in [1.54, 1.807) is 0 Å². The summed E-state index contributed by atoms with van der Waals surface area (Å²) in [6.45, 7) is 0. The van der Waals surface area contributed by atoms with Gasteiger partial charge in [-0.05, 0) is 12.8 Å². The minimum Gasteiger partial charge on any atom is -0.258 e. The maximum Gasteiger partial charge on any atom is 0.125 e. The number of hydrogen-bond donors (Lipinski definition) is 0. The van der Waals surface area contributed by atoms with E-state index in [1.807, 2.05) is 0 Å². The van der Waals surface area contributed by atoms with Crippen molar-refractivity contribution in [1.82, 2.24) is 0 Å². The van der Waals surface area contributed by atoms with Gasteiger partial charge >= 0.3 is 0 Å². The third-order valence-electron chi connectivity index (χ3n) is 1.11. The van der Waals surface area contributed by atoms with Crippen LogP contribution >= 0.6 is 23.2 Å². The van der Waals surface area contributed by atoms with Gasteiger partial charge in [0.05, 0.1) is 0 Å². The maximum absolute atomic E-state index is 5.64. The Labute approximate surface area is 58.7 Å². The quantitative estimate of drug-likeness (QED) is 0.373. The van der Waals surface area contributed by atoms with E-state index >= 15 is 0 Å². The van der Waals surface area contributed by atoms with E-state index in [9.17, 15) is 0 Å². The topological polar surface area (TPSA) is 12.4 Å². The zero-order valence-corrected chi connectivity index (χ0v) is 5.91. The second-order valence-electron chi connectivity index (χ2n) is 1.83. The molecule has 0 aromatic rings. The predicted octanol–water partition coefficient (Wildman–Crippen LogP) is 2.37. The number of rotatable bonds is 0. The van der Waals surface area contributed by atoms with Gasteiger partial charge < -0.3 is 0 Å². The molecule has 0 saturated carbocycles. The molecule has 0 amide bonds. The van der Waals surface area contributed by atoms with Crippen LogP contribution in [-0.4, -0.2) is 10.7 Å². The van der Waals surface area contributed by atoms with Crippen molar-refractivity contribution in [3.05, 3.63) is 0 Å². The van der Waals surface area contributed by atoms with E-state index in [4.69, 9.17) is 23.2 Å². The molecule has 0 saturated heterocycles. The lowest BCUT2D eigenvalue weighted by Gasteiger charge is -2.09. The second kappa shape index (κ2) is 2.70. The highest BCUT2D eigenvalue weighted by atomic mass is 35.5. The van der Waals surface area contributed by atoms with Gasteiger partial charge in [0.25, 0.3) is 0 Å². The summed E-state index contributed by atoms with van der Waals surface area (Å²) < 4.78 is 0. The highest BCUT2D eigenvalue weighted by Crippen LogP contribution is 2.17. The highest BCUT2D eigenvalue weighted by molar-refractivity contribution is 6.65. The first-order chi connectivity index (χ1) is 3.79. The molecule has 0 aromatic heterocycles. The van der Waals surface area contributed by atoms with Crippen LogP contribution in [0.5, 0.6) is 0 Å². The molecule has 0 fully saturated rings. The Morgan fingerprint density at radius 2 is 2.38 bits per heavy atom. The molecule has 1 aliphatic rings. The molecule has 1 unspecified atom stereocenters. The smallest absolute Gasteiger partial charge is 0.125 e. The molecule has 0 aliphatic carbocycles. The zero-order chi connectivity index (χ0) is 5.98. The molecule has 0 radical (unpaired) electrons. The van der Waals surface area contributed by atoms with Gasteiger partial charge in [-0.15, -0.1) is 0 Å². The summed E-state index contributed by atoms with van der Waals surface area (Å²) in [4.78, 5) is 3.93. The zero-order valence-electron chi connectivity index (χ0n) is 4.40. The fourth-order valence-electron chi connectivity index (χ4n) is 0.697. The average Bonchev–Trinajstić information content (AvgIpc) is 1.64. The minimum absolute atomic E-state index is 0.0590. The van der Waals surface area contributed by atoms with Crippen LogP contribution in [0.4, 0.5) is 0 Å². The third kappa shape index (κ3) is 1.64. The van der Waals surface area contributed by atoms with Crippen molar-refractivity contribution in [2.24, 2.45) is 4.99 Å². The molecule has 1 rings (SSSR count). The molecule has 1 heterocycles. The Kier molecular flexibility index (Phi) is 2.15. The summed E-state index contributed by atoms with van der Waals surface area (Å²) in [5.41, 5.74) is -0.0590. The summed E-state index contributed by atoms with van der Waals surface area (Å²) in [7, 11) is 0. The third-order valence-corrected chi connectivity index (χ3v) is 1.71. The van der Waals surface area contributed by atoms with Crippen LogP contribution in [0.25, 0.3) is 0 Å². The lowest BCUT2D eigenvalue weighted by molar-refractivity contribution is 0.702. The van der Waals surface area contributed by atoms with Crippen molar-refractivity contribution < 1.29 is 0 Å². The molecular weight excluding hydrogens is 145 g/mol. The van der Waals surface area contributed by atoms with E-state index in [1.165, 1.54) is 0 Å². The van der Waals surface area contributed by atoms with Crippen LogP contribution in [-0.2, 0) is 0 Å². The minimum atomic E-state index is -0.0590. The molecule has 1 aliphatic heterocycles. The maximum atomic E-state index is 5.64. The molecule has 1 nitrogen and oxygen atoms in total. The van der Waals surface area contributed by atoms with Crippen LogP contribution in [0, 0.1) is 0 Å². The van der Waals surface area contributed by atoms with Crippen molar-refractivity contribution in [2.45, 2.75) is 24.8 Å². The monoisotopic (exact) mass is 151 g/mol. The van der Waals surface area contributed by atoms with Crippen molar-refractivity contribution >= 4 is 28.4 Å². The van der Waals surface area contributed by atoms with Gasteiger partial charge in [0.1, 0.15) is 10.7 Å². The molecule has 0 bridgehead atoms. The molecule has 0 N–H and O–H groups in total. The van der Waals surface area contributed by atoms with E-state index in [0.29, 0.717) is 5.17 Å². The van der Waals surface area contributed by atoms with E-state index in [-0.39, 0.29) is 5.50 Å². The summed E-state index contributed by atoms with van der Waals surface area (Å²) >= 11 is 11.2. The fourth-order valence-corrected chi connectivity index (χ4v) is 1.27. The van der Waals surface area contributed by atoms with Crippen LogP contribution in [0.3, 0.4) is 0 Å². The van der Waals surface area contributed by atoms with Gasteiger partial charge in [0.15, 0.2) is 0 Å². The largest absolute Gasteiger partial charge is 0.258 e. The molecule has 46 valence electrons. The fraction of sp³-hybridized carbons (Fsp3) is 0.800. The molecule has 8 heavy (non-hydrogen) atoms. The first-order valence-corrected chi connectivity index (χ1v) is 3.47. The molecule has 0 spiro atoms. The van der Waals surface area contributed by atoms with Crippen LogP contribution in [0.2, 0.25) is 0 Å². The number of halogens is 2. The van der Waals surface area contributed by atoms with Crippen LogP contribution in [0.15, 0.2) is 4.99 Å². The van der Waals surface area contributed by atoms with Crippen molar-refractivity contribution in [1.29, 1.82) is 0 Å². The Bertz CT molecular complexity index is 111. The Morgan fingerprint density at radius 3 is 2.75 bits per heavy atom. The van der Waals surface area contributed by atoms with Gasteiger partial charge in [-0.25, -0.2) is 0 Å². The summed E-state index contributed by atoms with van der Waals surface area (Å²) in [6.07, 6.45) is 2.96.